The predicted molar refractivity (Wildman–Crippen MR) is 58.6 cm³/mol. The lowest BCUT2D eigenvalue weighted by Crippen LogP contribution is -1.95. The summed E-state index contributed by atoms with van der Waals surface area (Å²) in [5.41, 5.74) is 0. The molecule has 11 heavy (non-hydrogen) atoms. The van der Waals surface area contributed by atoms with Gasteiger partial charge >= 0.3 is 13.2 Å². The van der Waals surface area contributed by atoms with Crippen molar-refractivity contribution >= 4 is 62.8 Å². The van der Waals surface area contributed by atoms with Gasteiger partial charge in [0.2, 0.25) is 0 Å². The zero-order chi connectivity index (χ0) is 9.28. The first-order valence-corrected chi connectivity index (χ1v) is 8.77. The lowest BCUT2D eigenvalue weighted by atomic mass is 10.9. The second-order valence-corrected chi connectivity index (χ2v) is 8.47. The highest BCUT2D eigenvalue weighted by molar-refractivity contribution is 7.06. The molecule has 0 amide bonds. The maximum absolute atomic E-state index is 5.79. The van der Waals surface area contributed by atoms with Gasteiger partial charge in [-0.05, 0) is 0 Å². The molecule has 0 unspecified atom stereocenters. The summed E-state index contributed by atoms with van der Waals surface area (Å²) in [6, 6.07) is 0. The first kappa shape index (κ1) is 15.4. The van der Waals surface area contributed by atoms with Gasteiger partial charge in [0.15, 0.2) is 0 Å². The summed E-state index contributed by atoms with van der Waals surface area (Å²) in [6.07, 6.45) is 0. The molecule has 2 radical (unpaired) electrons. The minimum absolute atomic E-state index is 0.208. The van der Waals surface area contributed by atoms with E-state index in [0.29, 0.717) is 0 Å². The van der Waals surface area contributed by atoms with Crippen molar-refractivity contribution in [1.82, 2.24) is 0 Å². The molecule has 0 aromatic heterocycles. The Kier molecular flexibility index (Phi) is 16.7. The van der Waals surface area contributed by atoms with Gasteiger partial charge in [-0.3, -0.25) is 10.0 Å². The Bertz CT molecular complexity index is 66.8. The molecule has 0 heterocycles. The Balaban J connectivity index is 0. The molecule has 0 spiro atoms. The largest absolute Gasteiger partial charge is 0.399 e. The van der Waals surface area contributed by atoms with Crippen molar-refractivity contribution in [3.63, 3.8) is 0 Å². The quantitative estimate of drug-likeness (QED) is 0.526. The van der Waals surface area contributed by atoms with Crippen molar-refractivity contribution in [3.8, 4) is 0 Å². The minimum Gasteiger partial charge on any atom is -0.261 e. The lowest BCUT2D eigenvalue weighted by molar-refractivity contribution is 1.35. The van der Waals surface area contributed by atoms with Crippen molar-refractivity contribution < 1.29 is 0 Å². The average molecular weight is 245 g/mol. The van der Waals surface area contributed by atoms with E-state index >= 15 is 0 Å². The molecule has 0 bridgehead atoms. The normalized spacial score (nSPS) is 8.91. The number of hydrogen-bond donors (Lipinski definition) is 0. The molecule has 0 aromatic rings. The molecule has 0 rings (SSSR count). The monoisotopic (exact) mass is 244 g/mol. The topological polar surface area (TPSA) is 0 Å². The summed E-state index contributed by atoms with van der Waals surface area (Å²) in [5.74, 6) is 0. The van der Waals surface area contributed by atoms with E-state index in [-0.39, 0.29) is 4.84 Å². The number of rotatable bonds is 3. The molecule has 0 aliphatic rings. The van der Waals surface area contributed by atoms with E-state index in [1.807, 2.05) is 0 Å². The molecule has 0 aliphatic heterocycles. The van der Waals surface area contributed by atoms with Crippen LogP contribution in [-0.4, -0.2) is 34.4 Å². The molecule has 0 saturated carbocycles. The fraction of sp³-hybridized carbons (Fsp3) is 1.00. The van der Waals surface area contributed by atoms with Crippen molar-refractivity contribution in [3.05, 3.63) is 0 Å². The summed E-state index contributed by atoms with van der Waals surface area (Å²) in [6.45, 7) is 4.32. The van der Waals surface area contributed by atoms with Crippen LogP contribution < -0.4 is 0 Å². The highest BCUT2D eigenvalue weighted by atomic mass is 35.6. The summed E-state index contributed by atoms with van der Waals surface area (Å²) in [7, 11) is 5.79. The standard InChI is InChI=1S/C2H3Cl2.2C2H5.2Al.ClH/c1-2(3)4;2*1-2;;;/h2H,1H2;2*1H2,2H3;;;1H/q;;;;+1;/p-1. The first-order chi connectivity index (χ1) is 5.08. The van der Waals surface area contributed by atoms with Crippen LogP contribution in [0.5, 0.6) is 0 Å². The van der Waals surface area contributed by atoms with E-state index in [9.17, 15) is 0 Å². The van der Waals surface area contributed by atoms with E-state index in [1.165, 1.54) is 10.6 Å². The van der Waals surface area contributed by atoms with Crippen molar-refractivity contribution in [1.29, 1.82) is 0 Å². The average Bonchev–Trinajstić information content (AvgIpc) is 2.04. The molecule has 0 saturated heterocycles. The Hall–Kier alpha value is 1.93. The molecule has 0 nitrogen and oxygen atoms in total. The third-order valence-electron chi connectivity index (χ3n) is 1.06. The second-order valence-electron chi connectivity index (χ2n) is 2.04. The Morgan fingerprint density at radius 3 is 1.55 bits per heavy atom. The van der Waals surface area contributed by atoms with Crippen LogP contribution in [0.3, 0.4) is 0 Å². The lowest BCUT2D eigenvalue weighted by Gasteiger charge is -1.86. The molecule has 0 N–H and O–H groups in total. The summed E-state index contributed by atoms with van der Waals surface area (Å²) in [5, 5.41) is 3.22. The highest BCUT2D eigenvalue weighted by Crippen LogP contribution is 2.02. The molecule has 5 heteroatoms. The fourth-order valence-electron chi connectivity index (χ4n) is 0.289. The zero-order valence-corrected chi connectivity index (χ0v) is 11.6. The van der Waals surface area contributed by atoms with E-state index in [2.05, 4.69) is 30.1 Å². The maximum atomic E-state index is 5.79. The predicted octanol–water partition coefficient (Wildman–Crippen LogP) is 3.63. The Labute approximate surface area is 96.6 Å². The van der Waals surface area contributed by atoms with Gasteiger partial charge in [0.1, 0.15) is 16.3 Å². The van der Waals surface area contributed by atoms with E-state index < -0.39 is 13.2 Å². The molecule has 0 fully saturated rings. The second kappa shape index (κ2) is 11.9. The molecular formula is C6H13Al2Cl3. The van der Waals surface area contributed by atoms with Crippen LogP contribution in [0.15, 0.2) is 0 Å². The number of hydrogen-bond acceptors (Lipinski definition) is 0. The van der Waals surface area contributed by atoms with E-state index in [4.69, 9.17) is 33.3 Å². The van der Waals surface area contributed by atoms with Gasteiger partial charge < -0.3 is 0 Å². The zero-order valence-electron chi connectivity index (χ0n) is 6.99. The van der Waals surface area contributed by atoms with Gasteiger partial charge in [-0.2, -0.15) is 0 Å². The van der Waals surface area contributed by atoms with Gasteiger partial charge in [0.25, 0.3) is 0 Å². The summed E-state index contributed by atoms with van der Waals surface area (Å²) < 4.78 is 0. The maximum Gasteiger partial charge on any atom is 0.399 e. The van der Waals surface area contributed by atoms with Crippen LogP contribution in [0.2, 0.25) is 15.8 Å². The van der Waals surface area contributed by atoms with Crippen LogP contribution in [0.1, 0.15) is 13.8 Å². The van der Waals surface area contributed by atoms with Crippen LogP contribution in [0.25, 0.3) is 0 Å². The first-order valence-electron chi connectivity index (χ1n) is 3.70. The third kappa shape index (κ3) is 18.7. The molecule has 0 atom stereocenters. The fourth-order valence-corrected chi connectivity index (χ4v) is 0.866. The SMILES string of the molecule is C[CH2][Al]([Cl])[CH2]C.[Al][CH2]C(Cl)Cl. The van der Waals surface area contributed by atoms with Crippen LogP contribution in [-0.2, 0) is 0 Å². The Morgan fingerprint density at radius 1 is 1.27 bits per heavy atom. The summed E-state index contributed by atoms with van der Waals surface area (Å²) in [4.78, 5) is -0.208. The van der Waals surface area contributed by atoms with Gasteiger partial charge in [0.05, 0.1) is 4.84 Å². The van der Waals surface area contributed by atoms with Gasteiger partial charge in [-0.1, -0.05) is 29.7 Å². The minimum atomic E-state index is -0.688. The smallest absolute Gasteiger partial charge is 0.261 e. The van der Waals surface area contributed by atoms with Crippen LogP contribution in [0, 0.1) is 0 Å². The highest BCUT2D eigenvalue weighted by Gasteiger charge is 2.04. The van der Waals surface area contributed by atoms with Gasteiger partial charge in [-0.15, -0.1) is 23.2 Å². The van der Waals surface area contributed by atoms with Crippen molar-refractivity contribution in [2.24, 2.45) is 0 Å². The number of alkyl halides is 2. The molecule has 64 valence electrons. The molecular weight excluding hydrogens is 232 g/mol. The Morgan fingerprint density at radius 2 is 1.55 bits per heavy atom. The molecule has 0 aliphatic carbocycles. The van der Waals surface area contributed by atoms with Crippen molar-refractivity contribution in [2.45, 2.75) is 34.5 Å². The summed E-state index contributed by atoms with van der Waals surface area (Å²) >= 11 is 12.2. The van der Waals surface area contributed by atoms with E-state index in [0.717, 1.165) is 5.28 Å². The number of halogens is 3. The van der Waals surface area contributed by atoms with Crippen LogP contribution in [0.4, 0.5) is 0 Å². The third-order valence-corrected chi connectivity index (χ3v) is 6.11. The van der Waals surface area contributed by atoms with Crippen molar-refractivity contribution in [2.75, 3.05) is 0 Å². The van der Waals surface area contributed by atoms with Crippen LogP contribution >= 0.6 is 33.3 Å². The molecule has 0 aromatic carbocycles. The van der Waals surface area contributed by atoms with Gasteiger partial charge in [-0.25, -0.2) is 0 Å². The van der Waals surface area contributed by atoms with Gasteiger partial charge in [0, 0.05) is 0 Å². The van der Waals surface area contributed by atoms with E-state index in [1.54, 1.807) is 0 Å².